The van der Waals surface area contributed by atoms with Crippen LogP contribution in [-0.4, -0.2) is 46.5 Å². The summed E-state index contributed by atoms with van der Waals surface area (Å²) in [5.41, 5.74) is 0. The van der Waals surface area contributed by atoms with E-state index in [1.54, 1.807) is 0 Å². The van der Waals surface area contributed by atoms with Gasteiger partial charge in [0.15, 0.2) is 0 Å². The molecule has 0 saturated heterocycles. The molecule has 7 heteroatoms. The maximum Gasteiger partial charge on any atom is 2.00 e. The molecule has 0 spiro atoms. The van der Waals surface area contributed by atoms with Crippen LogP contribution in [-0.2, 0) is 0 Å². The third-order valence-electron chi connectivity index (χ3n) is 0. The van der Waals surface area contributed by atoms with Gasteiger partial charge in [0.1, 0.15) is 0 Å². The topological polar surface area (TPSA) is 83.8 Å². The predicted molar refractivity (Wildman–Crippen MR) is 18.2 cm³/mol. The van der Waals surface area contributed by atoms with E-state index in [2.05, 4.69) is 0 Å². The fourth-order valence-electron chi connectivity index (χ4n) is 0. The largest absolute Gasteiger partial charge is 2.00 e. The van der Waals surface area contributed by atoms with Crippen LogP contribution in [0.25, 0.3) is 0 Å². The van der Waals surface area contributed by atoms with E-state index in [4.69, 9.17) is 19.2 Å². The van der Waals surface area contributed by atoms with Crippen molar-refractivity contribution in [3.05, 3.63) is 0 Å². The number of hydrogen-bond acceptors (Lipinski definition) is 4. The van der Waals surface area contributed by atoms with Gasteiger partial charge in [-0.1, -0.05) is 0 Å². The van der Waals surface area contributed by atoms with E-state index in [1.807, 2.05) is 0 Å². The monoisotopic (exact) mass is 154 g/mol. The zero-order chi connectivity index (χ0) is 4.50. The van der Waals surface area contributed by atoms with Crippen LogP contribution in [0.5, 0.6) is 0 Å². The van der Waals surface area contributed by atoms with Crippen molar-refractivity contribution in [3.63, 3.8) is 0 Å². The second-order valence-electron chi connectivity index (χ2n) is 0.574. The summed E-state index contributed by atoms with van der Waals surface area (Å²) in [4.78, 5) is 30.6. The van der Waals surface area contributed by atoms with Gasteiger partial charge < -0.3 is 31.6 Å². The molecule has 0 aromatic heterocycles. The maximum atomic E-state index is 8.91. The number of rotatable bonds is 0. The minimum atomic E-state index is -4.86. The average Bonchev–Trinajstić information content (AvgIpc) is 0.722. The molecule has 4 nitrogen and oxygen atoms in total. The molecule has 0 aromatic carbocycles. The van der Waals surface area contributed by atoms with Gasteiger partial charge in [-0.05, 0) is 0 Å². The normalized spacial score (nSPS) is 8.57. The van der Waals surface area contributed by atoms with Gasteiger partial charge in [-0.15, -0.1) is 0 Å². The molecule has 0 atom stereocenters. The Bertz CT molecular complexity index is 27.2. The molecule has 0 bridgehead atoms. The molecule has 0 amide bonds. The maximum absolute atomic E-state index is 8.91. The van der Waals surface area contributed by atoms with Crippen LogP contribution in [0.3, 0.4) is 0 Å². The first kappa shape index (κ1) is 15.7. The van der Waals surface area contributed by atoms with E-state index in [9.17, 15) is 0 Å². The number of hydrogen-bond donors (Lipinski definition) is 3. The summed E-state index contributed by atoms with van der Waals surface area (Å²) < 4.78 is 0. The Morgan fingerprint density at radius 2 is 1.14 bits per heavy atom. The van der Waals surface area contributed by atoms with Crippen LogP contribution in [0.15, 0.2) is 0 Å². The van der Waals surface area contributed by atoms with Gasteiger partial charge in [-0.2, -0.15) is 0 Å². The van der Waals surface area contributed by atoms with Gasteiger partial charge in [-0.25, -0.2) is 0 Å². The van der Waals surface area contributed by atoms with Crippen molar-refractivity contribution in [2.45, 2.75) is 0 Å². The van der Waals surface area contributed by atoms with Gasteiger partial charge in [0, 0.05) is 0 Å². The third kappa shape index (κ3) is 150. The standard InChI is InChI=1S/ClH.Mg.H3O4Si/c;;1-5(2,3)4/h1H;;1-3H/q;+2;-1/p-1. The van der Waals surface area contributed by atoms with E-state index < -0.39 is 9.05 Å². The quantitative estimate of drug-likeness (QED) is 0.303. The van der Waals surface area contributed by atoms with Gasteiger partial charge in [0.05, 0.1) is 0 Å². The molecular weight excluding hydrogens is 152 g/mol. The van der Waals surface area contributed by atoms with E-state index in [0.717, 1.165) is 0 Å². The smallest absolute Gasteiger partial charge is 1.00 e. The zero-order valence-corrected chi connectivity index (χ0v) is 6.51. The Morgan fingerprint density at radius 3 is 1.14 bits per heavy atom. The summed E-state index contributed by atoms with van der Waals surface area (Å²) in [6, 6.07) is 0. The third-order valence-corrected chi connectivity index (χ3v) is 0. The molecule has 7 heavy (non-hydrogen) atoms. The summed E-state index contributed by atoms with van der Waals surface area (Å²) in [5, 5.41) is 0. The van der Waals surface area contributed by atoms with Crippen LogP contribution in [0, 0.1) is 0 Å². The van der Waals surface area contributed by atoms with Gasteiger partial charge in [-0.3, -0.25) is 0 Å². The second kappa shape index (κ2) is 5.25. The molecule has 0 saturated carbocycles. The van der Waals surface area contributed by atoms with Crippen LogP contribution in [0.4, 0.5) is 0 Å². The first-order valence-electron chi connectivity index (χ1n) is 0.875. The van der Waals surface area contributed by atoms with Crippen molar-refractivity contribution in [1.82, 2.24) is 0 Å². The molecule has 0 unspecified atom stereocenters. The fraction of sp³-hybridized carbons (Fsp3) is 0. The van der Waals surface area contributed by atoms with Crippen LogP contribution < -0.4 is 17.2 Å². The fourth-order valence-corrected chi connectivity index (χ4v) is 0. The predicted octanol–water partition coefficient (Wildman–Crippen LogP) is -6.62. The van der Waals surface area contributed by atoms with Gasteiger partial charge in [0.2, 0.25) is 0 Å². The van der Waals surface area contributed by atoms with E-state index in [0.29, 0.717) is 0 Å². The Labute approximate surface area is 63.8 Å². The Balaban J connectivity index is -0.0000000800. The van der Waals surface area contributed by atoms with Crippen molar-refractivity contribution in [3.8, 4) is 0 Å². The molecule has 0 radical (unpaired) electrons. The summed E-state index contributed by atoms with van der Waals surface area (Å²) in [7, 11) is -4.86. The minimum absolute atomic E-state index is 0. The van der Waals surface area contributed by atoms with Crippen LogP contribution >= 0.6 is 0 Å². The van der Waals surface area contributed by atoms with Gasteiger partial charge in [0.25, 0.3) is 0 Å². The van der Waals surface area contributed by atoms with Crippen molar-refractivity contribution in [2.75, 3.05) is 0 Å². The molecule has 0 fully saturated rings. The Hall–Kier alpha value is 1.11. The van der Waals surface area contributed by atoms with Crippen LogP contribution in [0.2, 0.25) is 0 Å². The summed E-state index contributed by atoms with van der Waals surface area (Å²) >= 11 is 0. The molecule has 0 aliphatic carbocycles. The first-order valence-corrected chi connectivity index (χ1v) is 2.62. The second-order valence-corrected chi connectivity index (χ2v) is 1.72. The summed E-state index contributed by atoms with van der Waals surface area (Å²) in [5.74, 6) is 0. The molecule has 40 valence electrons. The Morgan fingerprint density at radius 1 is 1.14 bits per heavy atom. The molecular formula is H3ClMgO4Si. The summed E-state index contributed by atoms with van der Waals surface area (Å²) in [6.45, 7) is 0. The number of halogens is 1. The molecule has 0 heterocycles. The molecule has 0 aliphatic heterocycles. The van der Waals surface area contributed by atoms with E-state index in [-0.39, 0.29) is 35.5 Å². The van der Waals surface area contributed by atoms with Crippen molar-refractivity contribution in [2.24, 2.45) is 0 Å². The molecule has 0 aliphatic rings. The average molecular weight is 155 g/mol. The first-order chi connectivity index (χ1) is 2.00. The molecule has 0 aromatic rings. The van der Waals surface area contributed by atoms with Crippen molar-refractivity contribution < 1.29 is 31.6 Å². The van der Waals surface area contributed by atoms with Crippen LogP contribution in [0.1, 0.15) is 0 Å². The van der Waals surface area contributed by atoms with E-state index in [1.165, 1.54) is 0 Å². The Kier molecular flexibility index (Phi) is 11.8. The minimum Gasteiger partial charge on any atom is -1.00 e. The zero-order valence-electron chi connectivity index (χ0n) is 3.33. The molecule has 3 N–H and O–H groups in total. The van der Waals surface area contributed by atoms with E-state index >= 15 is 0 Å². The summed E-state index contributed by atoms with van der Waals surface area (Å²) in [6.07, 6.45) is 0. The SMILES string of the molecule is [Cl-].[Mg+2].[O-][Si](O)(O)O. The molecule has 0 rings (SSSR count). The van der Waals surface area contributed by atoms with Crippen molar-refractivity contribution >= 4 is 32.1 Å². The van der Waals surface area contributed by atoms with Crippen molar-refractivity contribution in [1.29, 1.82) is 0 Å². The van der Waals surface area contributed by atoms with Gasteiger partial charge >= 0.3 is 32.1 Å².